The first-order chi connectivity index (χ1) is 9.11. The monoisotopic (exact) mass is 254 g/mol. The lowest BCUT2D eigenvalue weighted by Crippen LogP contribution is -2.36. The minimum Gasteiger partial charge on any atom is -0.350 e. The molecule has 98 valence electrons. The molecule has 3 rings (SSSR count). The molecule has 1 aliphatic rings. The van der Waals surface area contributed by atoms with E-state index in [-0.39, 0.29) is 6.17 Å². The largest absolute Gasteiger partial charge is 0.350 e. The molecular formula is C15H18N4. The second-order valence-electron chi connectivity index (χ2n) is 5.06. The van der Waals surface area contributed by atoms with Crippen LogP contribution >= 0.6 is 0 Å². The summed E-state index contributed by atoms with van der Waals surface area (Å²) >= 11 is 0. The number of aryl methyl sites for hydroxylation is 1. The smallest absolute Gasteiger partial charge is 0.161 e. The van der Waals surface area contributed by atoms with E-state index in [1.165, 1.54) is 16.8 Å². The molecule has 2 heterocycles. The Kier molecular flexibility index (Phi) is 2.66. The third-order valence-electron chi connectivity index (χ3n) is 4.05. The van der Waals surface area contributed by atoms with Crippen LogP contribution in [0.5, 0.6) is 0 Å². The normalized spacial score (nSPS) is 17.8. The van der Waals surface area contributed by atoms with Gasteiger partial charge in [0.1, 0.15) is 18.2 Å². The lowest BCUT2D eigenvalue weighted by Gasteiger charge is -2.28. The summed E-state index contributed by atoms with van der Waals surface area (Å²) in [6.07, 6.45) is 3.74. The van der Waals surface area contributed by atoms with Crippen LogP contribution < -0.4 is 9.80 Å². The maximum atomic E-state index is 4.46. The molecule has 0 N–H and O–H groups in total. The molecule has 0 aliphatic carbocycles. The Morgan fingerprint density at radius 3 is 2.74 bits per heavy atom. The van der Waals surface area contributed by atoms with Crippen molar-refractivity contribution in [3.8, 4) is 0 Å². The molecule has 1 aromatic heterocycles. The zero-order chi connectivity index (χ0) is 13.6. The minimum atomic E-state index is 0.243. The van der Waals surface area contributed by atoms with Gasteiger partial charge in [-0.2, -0.15) is 0 Å². The number of nitrogens with zero attached hydrogens (tertiary/aromatic N) is 4. The molecule has 0 saturated heterocycles. The first kappa shape index (κ1) is 12.0. The summed E-state index contributed by atoms with van der Waals surface area (Å²) in [6.45, 7) is 6.49. The van der Waals surface area contributed by atoms with Crippen LogP contribution in [0.2, 0.25) is 0 Å². The fraction of sp³-hybridized carbons (Fsp3) is 0.333. The molecule has 4 heteroatoms. The SMILES string of the molecule is Cc1cccc(N2c3ncncc3N(C)[C@@H]2C)c1C. The van der Waals surface area contributed by atoms with E-state index >= 15 is 0 Å². The molecular weight excluding hydrogens is 236 g/mol. The Labute approximate surface area is 113 Å². The van der Waals surface area contributed by atoms with E-state index in [4.69, 9.17) is 0 Å². The van der Waals surface area contributed by atoms with Gasteiger partial charge in [0.15, 0.2) is 5.82 Å². The van der Waals surface area contributed by atoms with E-state index < -0.39 is 0 Å². The second kappa shape index (κ2) is 4.23. The van der Waals surface area contributed by atoms with Gasteiger partial charge in [0, 0.05) is 12.7 Å². The van der Waals surface area contributed by atoms with Crippen LogP contribution in [0.25, 0.3) is 0 Å². The van der Waals surface area contributed by atoms with E-state index in [0.717, 1.165) is 11.5 Å². The van der Waals surface area contributed by atoms with Gasteiger partial charge in [0.05, 0.1) is 6.20 Å². The van der Waals surface area contributed by atoms with E-state index in [2.05, 4.69) is 65.8 Å². The van der Waals surface area contributed by atoms with Crippen molar-refractivity contribution in [3.05, 3.63) is 41.9 Å². The van der Waals surface area contributed by atoms with Gasteiger partial charge in [0.25, 0.3) is 0 Å². The molecule has 0 unspecified atom stereocenters. The fourth-order valence-corrected chi connectivity index (χ4v) is 2.61. The Morgan fingerprint density at radius 2 is 1.95 bits per heavy atom. The van der Waals surface area contributed by atoms with Crippen molar-refractivity contribution >= 4 is 17.2 Å². The Bertz CT molecular complexity index is 623. The van der Waals surface area contributed by atoms with Crippen molar-refractivity contribution in [2.24, 2.45) is 0 Å². The summed E-state index contributed by atoms with van der Waals surface area (Å²) in [7, 11) is 2.08. The second-order valence-corrected chi connectivity index (χ2v) is 5.06. The van der Waals surface area contributed by atoms with Gasteiger partial charge in [-0.25, -0.2) is 9.97 Å². The summed E-state index contributed by atoms with van der Waals surface area (Å²) in [5.41, 5.74) is 4.90. The Hall–Kier alpha value is -2.10. The van der Waals surface area contributed by atoms with Crippen molar-refractivity contribution in [2.45, 2.75) is 26.9 Å². The first-order valence-electron chi connectivity index (χ1n) is 6.49. The van der Waals surface area contributed by atoms with Crippen molar-refractivity contribution in [1.29, 1.82) is 0 Å². The molecule has 4 nitrogen and oxygen atoms in total. The number of hydrogen-bond donors (Lipinski definition) is 0. The zero-order valence-corrected chi connectivity index (χ0v) is 11.8. The van der Waals surface area contributed by atoms with Crippen LogP contribution in [0.15, 0.2) is 30.7 Å². The molecule has 19 heavy (non-hydrogen) atoms. The van der Waals surface area contributed by atoms with Gasteiger partial charge in [-0.15, -0.1) is 0 Å². The number of hydrogen-bond acceptors (Lipinski definition) is 4. The molecule has 1 atom stereocenters. The average molecular weight is 254 g/mol. The molecule has 2 aromatic rings. The highest BCUT2D eigenvalue weighted by Crippen LogP contribution is 2.42. The van der Waals surface area contributed by atoms with Gasteiger partial charge in [-0.05, 0) is 38.0 Å². The van der Waals surface area contributed by atoms with Crippen molar-refractivity contribution in [3.63, 3.8) is 0 Å². The average Bonchev–Trinajstić information content (AvgIpc) is 2.67. The molecule has 0 bridgehead atoms. The maximum absolute atomic E-state index is 4.46. The molecule has 0 spiro atoms. The van der Waals surface area contributed by atoms with Crippen LogP contribution in [-0.4, -0.2) is 23.2 Å². The summed E-state index contributed by atoms with van der Waals surface area (Å²) in [6, 6.07) is 6.40. The van der Waals surface area contributed by atoms with Crippen molar-refractivity contribution < 1.29 is 0 Å². The van der Waals surface area contributed by atoms with E-state index in [0.29, 0.717) is 0 Å². The number of rotatable bonds is 1. The number of benzene rings is 1. The van der Waals surface area contributed by atoms with Crippen LogP contribution in [0.4, 0.5) is 17.2 Å². The molecule has 0 saturated carbocycles. The van der Waals surface area contributed by atoms with E-state index in [9.17, 15) is 0 Å². The van der Waals surface area contributed by atoms with Gasteiger partial charge in [0.2, 0.25) is 0 Å². The lowest BCUT2D eigenvalue weighted by atomic mass is 10.1. The topological polar surface area (TPSA) is 32.3 Å². The van der Waals surface area contributed by atoms with Gasteiger partial charge >= 0.3 is 0 Å². The van der Waals surface area contributed by atoms with Crippen LogP contribution in [0, 0.1) is 13.8 Å². The highest BCUT2D eigenvalue weighted by Gasteiger charge is 2.33. The van der Waals surface area contributed by atoms with Crippen molar-refractivity contribution in [1.82, 2.24) is 9.97 Å². The predicted octanol–water partition coefficient (Wildman–Crippen LogP) is 3.03. The Morgan fingerprint density at radius 1 is 1.16 bits per heavy atom. The van der Waals surface area contributed by atoms with E-state index in [1.54, 1.807) is 6.33 Å². The minimum absolute atomic E-state index is 0.243. The number of anilines is 3. The Balaban J connectivity index is 2.18. The summed E-state index contributed by atoms with van der Waals surface area (Å²) in [5.74, 6) is 0.985. The maximum Gasteiger partial charge on any atom is 0.161 e. The standard InChI is InChI=1S/C15H18N4/c1-10-6-5-7-13(11(10)2)19-12(3)18(4)14-8-16-9-17-15(14)19/h5-9,12H,1-4H3/t12-/m0/s1. The van der Waals surface area contributed by atoms with Gasteiger partial charge in [-0.3, -0.25) is 0 Å². The van der Waals surface area contributed by atoms with Gasteiger partial charge < -0.3 is 9.80 Å². The molecule has 0 amide bonds. The van der Waals surface area contributed by atoms with Gasteiger partial charge in [-0.1, -0.05) is 12.1 Å². The zero-order valence-electron chi connectivity index (χ0n) is 11.8. The van der Waals surface area contributed by atoms with E-state index in [1.807, 2.05) is 6.20 Å². The molecule has 1 aliphatic heterocycles. The predicted molar refractivity (Wildman–Crippen MR) is 78.0 cm³/mol. The lowest BCUT2D eigenvalue weighted by molar-refractivity contribution is 0.729. The summed E-state index contributed by atoms with van der Waals surface area (Å²) < 4.78 is 0. The van der Waals surface area contributed by atoms with Crippen molar-refractivity contribution in [2.75, 3.05) is 16.8 Å². The quantitative estimate of drug-likeness (QED) is 0.783. The van der Waals surface area contributed by atoms with Crippen LogP contribution in [0.3, 0.4) is 0 Å². The number of fused-ring (bicyclic) bond motifs is 1. The molecule has 0 fully saturated rings. The molecule has 0 radical (unpaired) electrons. The highest BCUT2D eigenvalue weighted by atomic mass is 15.4. The third-order valence-corrected chi connectivity index (χ3v) is 4.05. The molecule has 1 aromatic carbocycles. The summed E-state index contributed by atoms with van der Waals surface area (Å²) in [4.78, 5) is 13.1. The summed E-state index contributed by atoms with van der Waals surface area (Å²) in [5, 5.41) is 0. The number of aromatic nitrogens is 2. The fourth-order valence-electron chi connectivity index (χ4n) is 2.61. The first-order valence-corrected chi connectivity index (χ1v) is 6.49. The van der Waals surface area contributed by atoms with Crippen LogP contribution in [-0.2, 0) is 0 Å². The van der Waals surface area contributed by atoms with Crippen LogP contribution in [0.1, 0.15) is 18.1 Å². The third kappa shape index (κ3) is 1.67. The highest BCUT2D eigenvalue weighted by molar-refractivity contribution is 5.80.